The predicted molar refractivity (Wildman–Crippen MR) is 61.6 cm³/mol. The van der Waals surface area contributed by atoms with Crippen LogP contribution in [0.3, 0.4) is 0 Å². The first-order chi connectivity index (χ1) is 7.41. The van der Waals surface area contributed by atoms with E-state index >= 15 is 0 Å². The van der Waals surface area contributed by atoms with Crippen LogP contribution in [0.5, 0.6) is 0 Å². The van der Waals surface area contributed by atoms with Crippen LogP contribution in [-0.4, -0.2) is 17.0 Å². The number of carboxylic acids is 1. The second kappa shape index (κ2) is 4.61. The van der Waals surface area contributed by atoms with Crippen molar-refractivity contribution in [2.24, 2.45) is 0 Å². The van der Waals surface area contributed by atoms with Gasteiger partial charge in [-0.05, 0) is 31.5 Å². The second-order valence-electron chi connectivity index (χ2n) is 3.57. The first-order valence-electron chi connectivity index (χ1n) is 4.72. The molecule has 0 saturated heterocycles. The van der Waals surface area contributed by atoms with E-state index in [2.05, 4.69) is 11.9 Å². The fraction of sp³-hybridized carbons (Fsp3) is 0.167. The second-order valence-corrected chi connectivity index (χ2v) is 3.57. The number of nitrogens with one attached hydrogen (secondary N) is 1. The molecule has 84 valence electrons. The van der Waals surface area contributed by atoms with Crippen LogP contribution in [0.2, 0.25) is 0 Å². The smallest absolute Gasteiger partial charge is 0.336 e. The normalized spacial score (nSPS) is 9.62. The molecule has 0 atom stereocenters. The quantitative estimate of drug-likeness (QED) is 0.766. The van der Waals surface area contributed by atoms with Crippen LogP contribution in [-0.2, 0) is 4.79 Å². The number of hydrogen-bond acceptors (Lipinski definition) is 2. The van der Waals surface area contributed by atoms with Crippen molar-refractivity contribution >= 4 is 17.6 Å². The number of carboxylic acid groups (broad SMARTS) is 1. The van der Waals surface area contributed by atoms with Crippen molar-refractivity contribution in [2.75, 3.05) is 5.32 Å². The molecular weight excluding hydrogens is 206 g/mol. The van der Waals surface area contributed by atoms with Crippen molar-refractivity contribution in [3.63, 3.8) is 0 Å². The lowest BCUT2D eigenvalue weighted by molar-refractivity contribution is -0.112. The number of carbonyl (C=O) groups is 2. The number of rotatable bonds is 3. The number of aromatic carboxylic acids is 1. The Morgan fingerprint density at radius 1 is 1.38 bits per heavy atom. The van der Waals surface area contributed by atoms with Crippen LogP contribution in [0.25, 0.3) is 0 Å². The molecule has 0 aliphatic heterocycles. The summed E-state index contributed by atoms with van der Waals surface area (Å²) in [5.41, 5.74) is 1.66. The van der Waals surface area contributed by atoms with Gasteiger partial charge in [-0.1, -0.05) is 12.6 Å². The summed E-state index contributed by atoms with van der Waals surface area (Å²) in [6.07, 6.45) is 0. The molecular formula is C12H13NO3. The Bertz CT molecular complexity index is 463. The molecule has 2 N–H and O–H groups in total. The predicted octanol–water partition coefficient (Wildman–Crippen LogP) is 2.21. The standard InChI is InChI=1S/C12H13NO3/c1-7(2)11(14)13-9-5-4-8(3)10(6-9)12(15)16/h4-6H,1H2,2-3H3,(H,13,14)(H,15,16). The zero-order valence-corrected chi connectivity index (χ0v) is 9.20. The molecule has 0 heterocycles. The van der Waals surface area contributed by atoms with Gasteiger partial charge < -0.3 is 10.4 Å². The van der Waals surface area contributed by atoms with Gasteiger partial charge in [0.05, 0.1) is 5.56 Å². The van der Waals surface area contributed by atoms with Gasteiger partial charge in [-0.15, -0.1) is 0 Å². The first kappa shape index (κ1) is 12.0. The molecule has 1 amide bonds. The maximum Gasteiger partial charge on any atom is 0.336 e. The Kier molecular flexibility index (Phi) is 3.45. The van der Waals surface area contributed by atoms with Gasteiger partial charge in [0.1, 0.15) is 0 Å². The zero-order valence-electron chi connectivity index (χ0n) is 9.20. The molecule has 0 aliphatic rings. The summed E-state index contributed by atoms with van der Waals surface area (Å²) in [7, 11) is 0. The SMILES string of the molecule is C=C(C)C(=O)Nc1ccc(C)c(C(=O)O)c1. The molecule has 0 fully saturated rings. The van der Waals surface area contributed by atoms with Crippen LogP contribution in [0.4, 0.5) is 5.69 Å². The largest absolute Gasteiger partial charge is 0.478 e. The summed E-state index contributed by atoms with van der Waals surface area (Å²) in [6.45, 7) is 6.79. The minimum absolute atomic E-state index is 0.180. The van der Waals surface area contributed by atoms with Gasteiger partial charge in [-0.2, -0.15) is 0 Å². The third kappa shape index (κ3) is 2.70. The summed E-state index contributed by atoms with van der Waals surface area (Å²) < 4.78 is 0. The highest BCUT2D eigenvalue weighted by Gasteiger charge is 2.09. The molecule has 0 radical (unpaired) electrons. The highest BCUT2D eigenvalue weighted by molar-refractivity contribution is 6.03. The average Bonchev–Trinajstić information content (AvgIpc) is 2.20. The molecule has 1 aromatic carbocycles. The van der Waals surface area contributed by atoms with Crippen LogP contribution < -0.4 is 5.32 Å². The zero-order chi connectivity index (χ0) is 12.3. The van der Waals surface area contributed by atoms with E-state index in [4.69, 9.17) is 5.11 Å². The van der Waals surface area contributed by atoms with Gasteiger partial charge in [0, 0.05) is 11.3 Å². The van der Waals surface area contributed by atoms with Gasteiger partial charge in [0.15, 0.2) is 0 Å². The molecule has 0 unspecified atom stereocenters. The van der Waals surface area contributed by atoms with Crippen LogP contribution in [0, 0.1) is 6.92 Å². The molecule has 4 heteroatoms. The van der Waals surface area contributed by atoms with Gasteiger partial charge in [0.25, 0.3) is 5.91 Å². The minimum atomic E-state index is -1.01. The van der Waals surface area contributed by atoms with Crippen LogP contribution in [0.1, 0.15) is 22.8 Å². The fourth-order valence-electron chi connectivity index (χ4n) is 1.17. The molecule has 1 aromatic rings. The van der Waals surface area contributed by atoms with Crippen molar-refractivity contribution < 1.29 is 14.7 Å². The molecule has 0 spiro atoms. The molecule has 1 rings (SSSR count). The Balaban J connectivity index is 3.00. The van der Waals surface area contributed by atoms with Crippen molar-refractivity contribution in [1.29, 1.82) is 0 Å². The lowest BCUT2D eigenvalue weighted by atomic mass is 10.1. The van der Waals surface area contributed by atoms with E-state index < -0.39 is 5.97 Å². The monoisotopic (exact) mass is 219 g/mol. The minimum Gasteiger partial charge on any atom is -0.478 e. The Morgan fingerprint density at radius 2 is 2.00 bits per heavy atom. The number of carbonyl (C=O) groups excluding carboxylic acids is 1. The molecule has 0 bridgehead atoms. The Labute approximate surface area is 93.6 Å². The van der Waals surface area contributed by atoms with Gasteiger partial charge >= 0.3 is 5.97 Å². The van der Waals surface area contributed by atoms with Crippen molar-refractivity contribution in [2.45, 2.75) is 13.8 Å². The summed E-state index contributed by atoms with van der Waals surface area (Å²) >= 11 is 0. The lowest BCUT2D eigenvalue weighted by Gasteiger charge is -2.07. The highest BCUT2D eigenvalue weighted by atomic mass is 16.4. The molecule has 0 aliphatic carbocycles. The van der Waals surface area contributed by atoms with Crippen molar-refractivity contribution in [3.8, 4) is 0 Å². The molecule has 16 heavy (non-hydrogen) atoms. The van der Waals surface area contributed by atoms with Crippen LogP contribution >= 0.6 is 0 Å². The first-order valence-corrected chi connectivity index (χ1v) is 4.72. The average molecular weight is 219 g/mol. The Hall–Kier alpha value is -2.10. The van der Waals surface area contributed by atoms with Gasteiger partial charge in [-0.25, -0.2) is 4.79 Å². The third-order valence-corrected chi connectivity index (χ3v) is 2.11. The van der Waals surface area contributed by atoms with Crippen LogP contribution in [0.15, 0.2) is 30.4 Å². The van der Waals surface area contributed by atoms with E-state index in [-0.39, 0.29) is 11.5 Å². The van der Waals surface area contributed by atoms with Gasteiger partial charge in [0.2, 0.25) is 0 Å². The van der Waals surface area contributed by atoms with E-state index in [1.165, 1.54) is 6.07 Å². The van der Waals surface area contributed by atoms with Crippen molar-refractivity contribution in [3.05, 3.63) is 41.5 Å². The number of amides is 1. The number of benzene rings is 1. The highest BCUT2D eigenvalue weighted by Crippen LogP contribution is 2.15. The topological polar surface area (TPSA) is 66.4 Å². The molecule has 0 saturated carbocycles. The summed E-state index contributed by atoms with van der Waals surface area (Å²) in [5.74, 6) is -1.33. The maximum atomic E-state index is 11.3. The van der Waals surface area contributed by atoms with E-state index in [0.29, 0.717) is 16.8 Å². The summed E-state index contributed by atoms with van der Waals surface area (Å²) in [4.78, 5) is 22.2. The maximum absolute atomic E-state index is 11.3. The summed E-state index contributed by atoms with van der Waals surface area (Å²) in [5, 5.41) is 11.5. The number of anilines is 1. The van der Waals surface area contributed by atoms with E-state index in [1.54, 1.807) is 26.0 Å². The van der Waals surface area contributed by atoms with E-state index in [1.807, 2.05) is 0 Å². The summed E-state index contributed by atoms with van der Waals surface area (Å²) in [6, 6.07) is 4.73. The molecule has 0 aromatic heterocycles. The molecule has 4 nitrogen and oxygen atoms in total. The van der Waals surface area contributed by atoms with E-state index in [0.717, 1.165) is 0 Å². The van der Waals surface area contributed by atoms with Gasteiger partial charge in [-0.3, -0.25) is 4.79 Å². The lowest BCUT2D eigenvalue weighted by Crippen LogP contribution is -2.12. The van der Waals surface area contributed by atoms with E-state index in [9.17, 15) is 9.59 Å². The number of aryl methyl sites for hydroxylation is 1. The fourth-order valence-corrected chi connectivity index (χ4v) is 1.17. The van der Waals surface area contributed by atoms with Crippen molar-refractivity contribution in [1.82, 2.24) is 0 Å². The number of hydrogen-bond donors (Lipinski definition) is 2. The Morgan fingerprint density at radius 3 is 2.50 bits per heavy atom. The third-order valence-electron chi connectivity index (χ3n) is 2.11.